The van der Waals surface area contributed by atoms with Gasteiger partial charge in [-0.15, -0.1) is 0 Å². The minimum Gasteiger partial charge on any atom is -0.350 e. The number of amides is 1. The van der Waals surface area contributed by atoms with E-state index in [1.165, 1.54) is 34.5 Å². The van der Waals surface area contributed by atoms with Gasteiger partial charge >= 0.3 is 0 Å². The maximum atomic E-state index is 12.5. The summed E-state index contributed by atoms with van der Waals surface area (Å²) in [5.41, 5.74) is 6.65. The molecule has 168 valence electrons. The van der Waals surface area contributed by atoms with Crippen LogP contribution in [-0.4, -0.2) is 27.1 Å². The standard InChI is InChI=1S/C25H34N2O3S/c1-18-14-19(2)16-24(15-18)27(31(4,29)30)13-7-10-25(28)26-20(3)22-12-11-21-8-5-6-9-23(21)17-22/h11-12,14-17,20H,5-10,13H2,1-4H3,(H,26,28). The Kier molecular flexibility index (Phi) is 7.42. The lowest BCUT2D eigenvalue weighted by Crippen LogP contribution is -2.32. The molecule has 0 saturated heterocycles. The van der Waals surface area contributed by atoms with Crippen LogP contribution >= 0.6 is 0 Å². The molecule has 0 bridgehead atoms. The number of nitrogens with zero attached hydrogens (tertiary/aromatic N) is 1. The van der Waals surface area contributed by atoms with Crippen molar-refractivity contribution in [1.82, 2.24) is 5.32 Å². The number of anilines is 1. The minimum absolute atomic E-state index is 0.0564. The van der Waals surface area contributed by atoms with Crippen molar-refractivity contribution in [2.75, 3.05) is 17.1 Å². The van der Waals surface area contributed by atoms with Gasteiger partial charge in [0.15, 0.2) is 0 Å². The third kappa shape index (κ3) is 6.33. The molecule has 0 spiro atoms. The van der Waals surface area contributed by atoms with E-state index >= 15 is 0 Å². The maximum absolute atomic E-state index is 12.5. The number of hydrogen-bond acceptors (Lipinski definition) is 3. The number of nitrogens with one attached hydrogen (secondary N) is 1. The van der Waals surface area contributed by atoms with Crippen LogP contribution in [0.5, 0.6) is 0 Å². The lowest BCUT2D eigenvalue weighted by molar-refractivity contribution is -0.121. The molecule has 2 aromatic carbocycles. The molecule has 31 heavy (non-hydrogen) atoms. The monoisotopic (exact) mass is 442 g/mol. The number of hydrogen-bond donors (Lipinski definition) is 1. The molecule has 0 heterocycles. The summed E-state index contributed by atoms with van der Waals surface area (Å²) in [6.07, 6.45) is 6.70. The van der Waals surface area contributed by atoms with Crippen molar-refractivity contribution in [1.29, 1.82) is 0 Å². The van der Waals surface area contributed by atoms with Gasteiger partial charge in [-0.2, -0.15) is 0 Å². The third-order valence-electron chi connectivity index (χ3n) is 5.91. The molecule has 1 unspecified atom stereocenters. The molecular formula is C25H34N2O3S. The van der Waals surface area contributed by atoms with Crippen LogP contribution < -0.4 is 9.62 Å². The highest BCUT2D eigenvalue weighted by Gasteiger charge is 2.19. The van der Waals surface area contributed by atoms with Gasteiger partial charge in [0.2, 0.25) is 15.9 Å². The molecule has 5 nitrogen and oxygen atoms in total. The Balaban J connectivity index is 1.58. The zero-order valence-electron chi connectivity index (χ0n) is 19.1. The maximum Gasteiger partial charge on any atom is 0.232 e. The van der Waals surface area contributed by atoms with E-state index in [1.54, 1.807) is 0 Å². The molecule has 0 fully saturated rings. The van der Waals surface area contributed by atoms with E-state index in [1.807, 2.05) is 39.0 Å². The minimum atomic E-state index is -3.42. The summed E-state index contributed by atoms with van der Waals surface area (Å²) in [5.74, 6) is -0.0564. The molecule has 0 radical (unpaired) electrons. The Hall–Kier alpha value is -2.34. The van der Waals surface area contributed by atoms with Crippen molar-refractivity contribution in [3.8, 4) is 0 Å². The zero-order chi connectivity index (χ0) is 22.6. The lowest BCUT2D eigenvalue weighted by atomic mass is 9.89. The van der Waals surface area contributed by atoms with Gasteiger partial charge in [0, 0.05) is 13.0 Å². The van der Waals surface area contributed by atoms with Crippen molar-refractivity contribution in [2.45, 2.75) is 65.3 Å². The number of aryl methyl sites for hydroxylation is 4. The van der Waals surface area contributed by atoms with E-state index in [0.29, 0.717) is 12.1 Å². The Morgan fingerprint density at radius 1 is 1.03 bits per heavy atom. The summed E-state index contributed by atoms with van der Waals surface area (Å²) in [6.45, 7) is 6.18. The second kappa shape index (κ2) is 9.86. The van der Waals surface area contributed by atoms with Crippen LogP contribution in [-0.2, 0) is 27.7 Å². The number of fused-ring (bicyclic) bond motifs is 1. The van der Waals surface area contributed by atoms with Gasteiger partial charge in [-0.05, 0) is 92.8 Å². The third-order valence-corrected chi connectivity index (χ3v) is 7.10. The first-order chi connectivity index (χ1) is 14.6. The van der Waals surface area contributed by atoms with Gasteiger partial charge in [-0.3, -0.25) is 9.10 Å². The summed E-state index contributed by atoms with van der Waals surface area (Å²) in [4.78, 5) is 12.5. The second-order valence-electron chi connectivity index (χ2n) is 8.81. The predicted octanol–water partition coefficient (Wildman–Crippen LogP) is 4.61. The number of carbonyl (C=O) groups is 1. The Morgan fingerprint density at radius 3 is 2.32 bits per heavy atom. The van der Waals surface area contributed by atoms with Crippen molar-refractivity contribution in [3.05, 3.63) is 64.2 Å². The van der Waals surface area contributed by atoms with Gasteiger partial charge in [0.25, 0.3) is 0 Å². The van der Waals surface area contributed by atoms with Gasteiger partial charge in [0.1, 0.15) is 0 Å². The van der Waals surface area contributed by atoms with Crippen LogP contribution in [0.25, 0.3) is 0 Å². The van der Waals surface area contributed by atoms with E-state index < -0.39 is 10.0 Å². The summed E-state index contributed by atoms with van der Waals surface area (Å²) < 4.78 is 26.1. The summed E-state index contributed by atoms with van der Waals surface area (Å²) in [5, 5.41) is 3.07. The molecule has 0 aliphatic heterocycles. The van der Waals surface area contributed by atoms with E-state index in [4.69, 9.17) is 0 Å². The Morgan fingerprint density at radius 2 is 1.68 bits per heavy atom. The molecule has 1 N–H and O–H groups in total. The second-order valence-corrected chi connectivity index (χ2v) is 10.7. The van der Waals surface area contributed by atoms with Crippen LogP contribution in [0.1, 0.15) is 66.5 Å². The smallest absolute Gasteiger partial charge is 0.232 e. The fraction of sp³-hybridized carbons (Fsp3) is 0.480. The van der Waals surface area contributed by atoms with Gasteiger partial charge < -0.3 is 5.32 Å². The molecule has 1 aliphatic rings. The highest BCUT2D eigenvalue weighted by Crippen LogP contribution is 2.25. The zero-order valence-corrected chi connectivity index (χ0v) is 19.9. The fourth-order valence-corrected chi connectivity index (χ4v) is 5.33. The van der Waals surface area contributed by atoms with Gasteiger partial charge in [-0.25, -0.2) is 8.42 Å². The molecule has 6 heteroatoms. The first kappa shape index (κ1) is 23.3. The molecule has 1 atom stereocenters. The van der Waals surface area contributed by atoms with Crippen molar-refractivity contribution >= 4 is 21.6 Å². The lowest BCUT2D eigenvalue weighted by Gasteiger charge is -2.23. The summed E-state index contributed by atoms with van der Waals surface area (Å²) in [7, 11) is -3.42. The first-order valence-corrected chi connectivity index (χ1v) is 13.0. The summed E-state index contributed by atoms with van der Waals surface area (Å²) in [6, 6.07) is 12.2. The van der Waals surface area contributed by atoms with E-state index in [9.17, 15) is 13.2 Å². The molecule has 0 saturated carbocycles. The van der Waals surface area contributed by atoms with Crippen LogP contribution in [0.3, 0.4) is 0 Å². The summed E-state index contributed by atoms with van der Waals surface area (Å²) >= 11 is 0. The van der Waals surface area contributed by atoms with Crippen LogP contribution in [0.2, 0.25) is 0 Å². The Bertz CT molecular complexity index is 1030. The average Bonchev–Trinajstić information content (AvgIpc) is 2.69. The SMILES string of the molecule is Cc1cc(C)cc(N(CCCC(=O)NC(C)c2ccc3c(c2)CCCC3)S(C)(=O)=O)c1. The van der Waals surface area contributed by atoms with Gasteiger partial charge in [0.05, 0.1) is 18.0 Å². The van der Waals surface area contributed by atoms with E-state index in [2.05, 4.69) is 23.5 Å². The molecule has 0 aromatic heterocycles. The number of sulfonamides is 1. The number of benzene rings is 2. The normalized spacial score (nSPS) is 14.6. The quantitative estimate of drug-likeness (QED) is 0.649. The van der Waals surface area contributed by atoms with Crippen molar-refractivity contribution in [3.63, 3.8) is 0 Å². The highest BCUT2D eigenvalue weighted by molar-refractivity contribution is 7.92. The van der Waals surface area contributed by atoms with Gasteiger partial charge in [-0.1, -0.05) is 24.3 Å². The molecule has 2 aromatic rings. The molecule has 1 aliphatic carbocycles. The van der Waals surface area contributed by atoms with E-state index in [-0.39, 0.29) is 24.9 Å². The molecule has 3 rings (SSSR count). The van der Waals surface area contributed by atoms with E-state index in [0.717, 1.165) is 29.5 Å². The molecule has 1 amide bonds. The Labute approximate surface area is 186 Å². The molecular weight excluding hydrogens is 408 g/mol. The van der Waals surface area contributed by atoms with Crippen LogP contribution in [0.4, 0.5) is 5.69 Å². The largest absolute Gasteiger partial charge is 0.350 e. The topological polar surface area (TPSA) is 66.5 Å². The number of rotatable bonds is 8. The van der Waals surface area contributed by atoms with Crippen molar-refractivity contribution < 1.29 is 13.2 Å². The average molecular weight is 443 g/mol. The predicted molar refractivity (Wildman–Crippen MR) is 127 cm³/mol. The number of carbonyl (C=O) groups excluding carboxylic acids is 1. The first-order valence-electron chi connectivity index (χ1n) is 11.1. The highest BCUT2D eigenvalue weighted by atomic mass is 32.2. The van der Waals surface area contributed by atoms with Crippen molar-refractivity contribution in [2.24, 2.45) is 0 Å². The van der Waals surface area contributed by atoms with Crippen LogP contribution in [0.15, 0.2) is 36.4 Å². The fourth-order valence-electron chi connectivity index (χ4n) is 4.38. The van der Waals surface area contributed by atoms with Crippen LogP contribution in [0, 0.1) is 13.8 Å².